The maximum absolute atomic E-state index is 5.40. The monoisotopic (exact) mass is 314 g/mol. The first-order valence-corrected chi connectivity index (χ1v) is 7.25. The van der Waals surface area contributed by atoms with Crippen molar-refractivity contribution in [3.63, 3.8) is 0 Å². The Labute approximate surface area is 137 Å². The first kappa shape index (κ1) is 16.7. The van der Waals surface area contributed by atoms with E-state index in [4.69, 9.17) is 18.9 Å². The van der Waals surface area contributed by atoms with Crippen LogP contribution in [0.5, 0.6) is 23.0 Å². The Bertz CT molecular complexity index is 680. The van der Waals surface area contributed by atoms with Gasteiger partial charge in [0.05, 0.1) is 28.4 Å². The van der Waals surface area contributed by atoms with Gasteiger partial charge in [-0.25, -0.2) is 0 Å². The van der Waals surface area contributed by atoms with E-state index in [0.717, 1.165) is 28.2 Å². The second kappa shape index (κ2) is 7.58. The molecule has 0 aromatic heterocycles. The largest absolute Gasteiger partial charge is 0.496 e. The van der Waals surface area contributed by atoms with Crippen LogP contribution in [0.2, 0.25) is 0 Å². The molecule has 2 rings (SSSR count). The summed E-state index contributed by atoms with van der Waals surface area (Å²) in [4.78, 5) is 0. The minimum absolute atomic E-state index is 0.703. The number of hydrogen-bond acceptors (Lipinski definition) is 4. The second-order valence-corrected chi connectivity index (χ2v) is 5.00. The van der Waals surface area contributed by atoms with Crippen LogP contribution in [0.15, 0.2) is 30.3 Å². The lowest BCUT2D eigenvalue weighted by molar-refractivity contribution is 0.355. The lowest BCUT2D eigenvalue weighted by Crippen LogP contribution is -1.93. The van der Waals surface area contributed by atoms with E-state index in [1.54, 1.807) is 28.4 Å². The molecule has 2 aromatic rings. The summed E-state index contributed by atoms with van der Waals surface area (Å²) in [6.07, 6.45) is 4.01. The molecule has 4 nitrogen and oxygen atoms in total. The summed E-state index contributed by atoms with van der Waals surface area (Å²) in [6, 6.07) is 9.75. The highest BCUT2D eigenvalue weighted by molar-refractivity contribution is 5.72. The fourth-order valence-electron chi connectivity index (χ4n) is 2.35. The van der Waals surface area contributed by atoms with Crippen molar-refractivity contribution in [2.45, 2.75) is 6.92 Å². The van der Waals surface area contributed by atoms with Gasteiger partial charge >= 0.3 is 0 Å². The van der Waals surface area contributed by atoms with Gasteiger partial charge in [0.15, 0.2) is 11.5 Å². The van der Waals surface area contributed by atoms with Gasteiger partial charge in [-0.3, -0.25) is 0 Å². The average Bonchev–Trinajstić information content (AvgIpc) is 2.60. The van der Waals surface area contributed by atoms with Gasteiger partial charge in [0.2, 0.25) is 0 Å². The molecule has 0 bridgehead atoms. The van der Waals surface area contributed by atoms with E-state index in [1.165, 1.54) is 0 Å². The highest BCUT2D eigenvalue weighted by Crippen LogP contribution is 2.31. The summed E-state index contributed by atoms with van der Waals surface area (Å²) in [5.74, 6) is 3.02. The topological polar surface area (TPSA) is 36.9 Å². The third-order valence-corrected chi connectivity index (χ3v) is 3.65. The zero-order valence-corrected chi connectivity index (χ0v) is 14.2. The van der Waals surface area contributed by atoms with Crippen molar-refractivity contribution in [3.05, 3.63) is 47.0 Å². The van der Waals surface area contributed by atoms with Gasteiger partial charge in [-0.1, -0.05) is 18.2 Å². The summed E-state index contributed by atoms with van der Waals surface area (Å²) in [5, 5.41) is 0. The lowest BCUT2D eigenvalue weighted by atomic mass is 10.1. The Morgan fingerprint density at radius 3 is 1.61 bits per heavy atom. The van der Waals surface area contributed by atoms with Crippen LogP contribution in [-0.4, -0.2) is 28.4 Å². The second-order valence-electron chi connectivity index (χ2n) is 5.00. The van der Waals surface area contributed by atoms with E-state index in [9.17, 15) is 0 Å². The van der Waals surface area contributed by atoms with Crippen molar-refractivity contribution < 1.29 is 18.9 Å². The van der Waals surface area contributed by atoms with Gasteiger partial charge in [0.25, 0.3) is 0 Å². The van der Waals surface area contributed by atoms with Crippen molar-refractivity contribution in [3.8, 4) is 23.0 Å². The third-order valence-electron chi connectivity index (χ3n) is 3.65. The Morgan fingerprint density at radius 1 is 0.609 bits per heavy atom. The van der Waals surface area contributed by atoms with E-state index in [-0.39, 0.29) is 0 Å². The van der Waals surface area contributed by atoms with Crippen LogP contribution in [0.25, 0.3) is 12.2 Å². The Kier molecular flexibility index (Phi) is 5.52. The van der Waals surface area contributed by atoms with Crippen molar-refractivity contribution in [1.29, 1.82) is 0 Å². The van der Waals surface area contributed by atoms with Crippen molar-refractivity contribution in [1.82, 2.24) is 0 Å². The molecule has 0 heterocycles. The summed E-state index contributed by atoms with van der Waals surface area (Å²) < 4.78 is 21.4. The molecule has 23 heavy (non-hydrogen) atoms. The summed E-state index contributed by atoms with van der Waals surface area (Å²) in [5.41, 5.74) is 3.00. The molecule has 0 aliphatic carbocycles. The molecular weight excluding hydrogens is 292 g/mol. The molecule has 0 amide bonds. The predicted molar refractivity (Wildman–Crippen MR) is 92.8 cm³/mol. The molecule has 0 unspecified atom stereocenters. The van der Waals surface area contributed by atoms with E-state index < -0.39 is 0 Å². The smallest absolute Gasteiger partial charge is 0.161 e. The summed E-state index contributed by atoms with van der Waals surface area (Å²) in [6.45, 7) is 1.97. The van der Waals surface area contributed by atoms with E-state index >= 15 is 0 Å². The van der Waals surface area contributed by atoms with Crippen molar-refractivity contribution >= 4 is 12.2 Å². The molecule has 0 saturated heterocycles. The molecule has 0 aliphatic heterocycles. The van der Waals surface area contributed by atoms with E-state index in [0.29, 0.717) is 11.5 Å². The van der Waals surface area contributed by atoms with Gasteiger partial charge in [-0.15, -0.1) is 0 Å². The summed E-state index contributed by atoms with van der Waals surface area (Å²) in [7, 11) is 6.56. The Hall–Kier alpha value is -2.62. The number of rotatable bonds is 6. The van der Waals surface area contributed by atoms with Gasteiger partial charge < -0.3 is 18.9 Å². The molecule has 4 heteroatoms. The van der Waals surface area contributed by atoms with Gasteiger partial charge in [0.1, 0.15) is 11.5 Å². The highest BCUT2D eigenvalue weighted by atomic mass is 16.5. The Balaban J connectivity index is 2.33. The molecule has 0 saturated carbocycles. The van der Waals surface area contributed by atoms with E-state index in [2.05, 4.69) is 0 Å². The fraction of sp³-hybridized carbons (Fsp3) is 0.263. The first-order chi connectivity index (χ1) is 11.1. The molecule has 122 valence electrons. The standard InChI is InChI=1S/C19H22O4/c1-13-17(21-3)11-15(12-18(13)22-4)7-6-14-8-9-16(20-2)19(10-14)23-5/h6-12H,1-5H3/b7-6+. The molecule has 0 radical (unpaired) electrons. The maximum Gasteiger partial charge on any atom is 0.161 e. The van der Waals surface area contributed by atoms with E-state index in [1.807, 2.05) is 49.4 Å². The van der Waals surface area contributed by atoms with Crippen molar-refractivity contribution in [2.24, 2.45) is 0 Å². The number of ether oxygens (including phenoxy) is 4. The van der Waals surface area contributed by atoms with Crippen LogP contribution in [0, 0.1) is 6.92 Å². The zero-order valence-electron chi connectivity index (χ0n) is 14.2. The van der Waals surface area contributed by atoms with Crippen LogP contribution in [0.4, 0.5) is 0 Å². The van der Waals surface area contributed by atoms with Gasteiger partial charge in [0, 0.05) is 5.56 Å². The third kappa shape index (κ3) is 3.77. The molecule has 0 spiro atoms. The lowest BCUT2D eigenvalue weighted by Gasteiger charge is -2.11. The van der Waals surface area contributed by atoms with Crippen LogP contribution < -0.4 is 18.9 Å². The zero-order chi connectivity index (χ0) is 16.8. The first-order valence-electron chi connectivity index (χ1n) is 7.25. The van der Waals surface area contributed by atoms with Crippen LogP contribution >= 0.6 is 0 Å². The van der Waals surface area contributed by atoms with Crippen molar-refractivity contribution in [2.75, 3.05) is 28.4 Å². The average molecular weight is 314 g/mol. The number of hydrogen-bond donors (Lipinski definition) is 0. The van der Waals surface area contributed by atoms with Crippen LogP contribution in [0.3, 0.4) is 0 Å². The minimum Gasteiger partial charge on any atom is -0.496 e. The quantitative estimate of drug-likeness (QED) is 0.749. The molecule has 0 aliphatic rings. The molecular formula is C19H22O4. The van der Waals surface area contributed by atoms with Gasteiger partial charge in [-0.05, 0) is 42.3 Å². The normalized spacial score (nSPS) is 10.7. The maximum atomic E-state index is 5.40. The summed E-state index contributed by atoms with van der Waals surface area (Å²) >= 11 is 0. The SMILES string of the molecule is COc1ccc(/C=C/c2cc(OC)c(C)c(OC)c2)cc1OC. The molecule has 0 fully saturated rings. The van der Waals surface area contributed by atoms with Crippen LogP contribution in [0.1, 0.15) is 16.7 Å². The highest BCUT2D eigenvalue weighted by Gasteiger charge is 2.07. The van der Waals surface area contributed by atoms with Gasteiger partial charge in [-0.2, -0.15) is 0 Å². The molecule has 0 atom stereocenters. The fourth-order valence-corrected chi connectivity index (χ4v) is 2.35. The number of benzene rings is 2. The predicted octanol–water partition coefficient (Wildman–Crippen LogP) is 4.20. The number of methoxy groups -OCH3 is 4. The minimum atomic E-state index is 0.703. The van der Waals surface area contributed by atoms with Crippen LogP contribution in [-0.2, 0) is 0 Å². The Morgan fingerprint density at radius 2 is 1.09 bits per heavy atom. The molecule has 2 aromatic carbocycles. The molecule has 0 N–H and O–H groups in total.